The first-order chi connectivity index (χ1) is 9.42. The minimum absolute atomic E-state index is 0.165. The molecule has 0 heterocycles. The van der Waals surface area contributed by atoms with Gasteiger partial charge in [-0.25, -0.2) is 13.1 Å². The molecular weight excluding hydrogens is 340 g/mol. The maximum Gasteiger partial charge on any atom is 0.240 e. The van der Waals surface area contributed by atoms with Crippen molar-refractivity contribution in [2.24, 2.45) is 11.7 Å². The Balaban J connectivity index is 2.20. The second kappa shape index (κ2) is 6.56. The summed E-state index contributed by atoms with van der Waals surface area (Å²) in [6.45, 7) is 2.22. The molecule has 3 N–H and O–H groups in total. The van der Waals surface area contributed by atoms with E-state index < -0.39 is 10.0 Å². The molecule has 20 heavy (non-hydrogen) atoms. The highest BCUT2D eigenvalue weighted by atomic mass is 79.9. The van der Waals surface area contributed by atoms with Crippen LogP contribution in [0.25, 0.3) is 0 Å². The molecule has 1 aliphatic rings. The standard InChI is InChI=1S/C14H21BrN2O2S/c1-10-6-12(15)8-13(7-10)20(18,19)17-14(9-16)11-4-2-3-5-11/h6-8,11,14,17H,2-5,9,16H2,1H3. The molecule has 0 aromatic heterocycles. The van der Waals surface area contributed by atoms with E-state index in [1.54, 1.807) is 12.1 Å². The Kier molecular flexibility index (Phi) is 5.23. The Bertz CT molecular complexity index is 548. The van der Waals surface area contributed by atoms with Crippen LogP contribution in [-0.4, -0.2) is 21.0 Å². The number of hydrogen-bond acceptors (Lipinski definition) is 3. The molecule has 4 nitrogen and oxygen atoms in total. The summed E-state index contributed by atoms with van der Waals surface area (Å²) in [5, 5.41) is 0. The van der Waals surface area contributed by atoms with Crippen molar-refractivity contribution in [3.05, 3.63) is 28.2 Å². The van der Waals surface area contributed by atoms with Crippen molar-refractivity contribution in [3.63, 3.8) is 0 Å². The average molecular weight is 361 g/mol. The van der Waals surface area contributed by atoms with Crippen LogP contribution in [0.1, 0.15) is 31.2 Å². The Morgan fingerprint density at radius 2 is 2.00 bits per heavy atom. The topological polar surface area (TPSA) is 72.2 Å². The summed E-state index contributed by atoms with van der Waals surface area (Å²) in [7, 11) is -3.51. The zero-order valence-electron chi connectivity index (χ0n) is 11.6. The van der Waals surface area contributed by atoms with Crippen molar-refractivity contribution in [3.8, 4) is 0 Å². The van der Waals surface area contributed by atoms with Crippen LogP contribution >= 0.6 is 15.9 Å². The molecule has 0 saturated heterocycles. The van der Waals surface area contributed by atoms with Gasteiger partial charge in [-0.2, -0.15) is 0 Å². The van der Waals surface area contributed by atoms with Gasteiger partial charge in [0.25, 0.3) is 0 Å². The van der Waals surface area contributed by atoms with Gasteiger partial charge in [0.15, 0.2) is 0 Å². The van der Waals surface area contributed by atoms with E-state index in [0.29, 0.717) is 17.4 Å². The lowest BCUT2D eigenvalue weighted by Gasteiger charge is -2.23. The fourth-order valence-corrected chi connectivity index (χ4v) is 5.03. The third kappa shape index (κ3) is 3.81. The lowest BCUT2D eigenvalue weighted by atomic mass is 9.99. The molecular formula is C14H21BrN2O2S. The van der Waals surface area contributed by atoms with Gasteiger partial charge in [0.2, 0.25) is 10.0 Å². The number of aryl methyl sites for hydroxylation is 1. The van der Waals surface area contributed by atoms with Crippen molar-refractivity contribution in [2.45, 2.75) is 43.5 Å². The molecule has 6 heteroatoms. The van der Waals surface area contributed by atoms with E-state index in [1.165, 1.54) is 12.8 Å². The first kappa shape index (κ1) is 15.9. The predicted molar refractivity (Wildman–Crippen MR) is 84.0 cm³/mol. The highest BCUT2D eigenvalue weighted by molar-refractivity contribution is 9.10. The number of sulfonamides is 1. The van der Waals surface area contributed by atoms with Crippen LogP contribution in [0.3, 0.4) is 0 Å². The molecule has 1 aromatic carbocycles. The summed E-state index contributed by atoms with van der Waals surface area (Å²) < 4.78 is 28.5. The summed E-state index contributed by atoms with van der Waals surface area (Å²) in [6, 6.07) is 5.02. The van der Waals surface area contributed by atoms with Crippen molar-refractivity contribution < 1.29 is 8.42 Å². The van der Waals surface area contributed by atoms with Crippen molar-refractivity contribution in [1.82, 2.24) is 4.72 Å². The van der Waals surface area contributed by atoms with E-state index in [2.05, 4.69) is 20.7 Å². The van der Waals surface area contributed by atoms with Crippen molar-refractivity contribution in [2.75, 3.05) is 6.54 Å². The van der Waals surface area contributed by atoms with E-state index in [4.69, 9.17) is 5.73 Å². The maximum atomic E-state index is 12.5. The molecule has 1 saturated carbocycles. The normalized spacial score (nSPS) is 18.4. The first-order valence-corrected chi connectivity index (χ1v) is 9.19. The average Bonchev–Trinajstić information content (AvgIpc) is 2.88. The lowest BCUT2D eigenvalue weighted by molar-refractivity contribution is 0.405. The largest absolute Gasteiger partial charge is 0.329 e. The summed E-state index contributed by atoms with van der Waals surface area (Å²) in [6.07, 6.45) is 4.45. The third-order valence-electron chi connectivity index (χ3n) is 3.86. The molecule has 0 bridgehead atoms. The van der Waals surface area contributed by atoms with E-state index in [0.717, 1.165) is 22.9 Å². The molecule has 1 aliphatic carbocycles. The summed E-state index contributed by atoms with van der Waals surface area (Å²) in [4.78, 5) is 0.292. The van der Waals surface area contributed by atoms with Crippen LogP contribution in [-0.2, 0) is 10.0 Å². The molecule has 1 unspecified atom stereocenters. The minimum atomic E-state index is -3.51. The number of hydrogen-bond donors (Lipinski definition) is 2. The summed E-state index contributed by atoms with van der Waals surface area (Å²) in [5.74, 6) is 0.364. The molecule has 1 atom stereocenters. The molecule has 0 aliphatic heterocycles. The number of nitrogens with two attached hydrogens (primary N) is 1. The van der Waals surface area contributed by atoms with Gasteiger partial charge in [0, 0.05) is 17.1 Å². The number of benzene rings is 1. The van der Waals surface area contributed by atoms with Gasteiger partial charge in [-0.05, 0) is 49.4 Å². The Hall–Kier alpha value is -0.430. The molecule has 0 radical (unpaired) electrons. The molecule has 112 valence electrons. The number of rotatable bonds is 5. The zero-order valence-corrected chi connectivity index (χ0v) is 14.0. The molecule has 2 rings (SSSR count). The second-order valence-corrected chi connectivity index (χ2v) is 8.10. The Morgan fingerprint density at radius 3 is 2.55 bits per heavy atom. The van der Waals surface area contributed by atoms with Crippen molar-refractivity contribution in [1.29, 1.82) is 0 Å². The van der Waals surface area contributed by atoms with Gasteiger partial charge in [-0.3, -0.25) is 0 Å². The van der Waals surface area contributed by atoms with Gasteiger partial charge in [-0.15, -0.1) is 0 Å². The van der Waals surface area contributed by atoms with Crippen LogP contribution in [0, 0.1) is 12.8 Å². The fourth-order valence-electron chi connectivity index (χ4n) is 2.82. The smallest absolute Gasteiger partial charge is 0.240 e. The van der Waals surface area contributed by atoms with Gasteiger partial charge >= 0.3 is 0 Å². The first-order valence-electron chi connectivity index (χ1n) is 6.92. The molecule has 1 aromatic rings. The minimum Gasteiger partial charge on any atom is -0.329 e. The molecule has 0 amide bonds. The number of nitrogens with one attached hydrogen (secondary N) is 1. The Labute approximate surface area is 129 Å². The van der Waals surface area contributed by atoms with Crippen LogP contribution in [0.4, 0.5) is 0 Å². The van der Waals surface area contributed by atoms with E-state index in [9.17, 15) is 8.42 Å². The van der Waals surface area contributed by atoms with Crippen LogP contribution in [0.15, 0.2) is 27.6 Å². The highest BCUT2D eigenvalue weighted by Crippen LogP contribution is 2.28. The third-order valence-corrected chi connectivity index (χ3v) is 5.78. The molecule has 1 fully saturated rings. The van der Waals surface area contributed by atoms with Crippen LogP contribution in [0.5, 0.6) is 0 Å². The van der Waals surface area contributed by atoms with Crippen LogP contribution in [0.2, 0.25) is 0 Å². The predicted octanol–water partition coefficient (Wildman–Crippen LogP) is 2.55. The monoisotopic (exact) mass is 360 g/mol. The quantitative estimate of drug-likeness (QED) is 0.847. The lowest BCUT2D eigenvalue weighted by Crippen LogP contribution is -2.44. The van der Waals surface area contributed by atoms with Crippen molar-refractivity contribution >= 4 is 26.0 Å². The van der Waals surface area contributed by atoms with Gasteiger partial charge in [-0.1, -0.05) is 28.8 Å². The van der Waals surface area contributed by atoms with Gasteiger partial charge < -0.3 is 5.73 Å². The fraction of sp³-hybridized carbons (Fsp3) is 0.571. The number of halogens is 1. The van der Waals surface area contributed by atoms with Gasteiger partial charge in [0.05, 0.1) is 4.90 Å². The zero-order chi connectivity index (χ0) is 14.8. The SMILES string of the molecule is Cc1cc(Br)cc(S(=O)(=O)NC(CN)C2CCCC2)c1. The second-order valence-electron chi connectivity index (χ2n) is 5.47. The highest BCUT2D eigenvalue weighted by Gasteiger charge is 2.28. The van der Waals surface area contributed by atoms with E-state index in [1.807, 2.05) is 13.0 Å². The summed E-state index contributed by atoms with van der Waals surface area (Å²) >= 11 is 3.34. The van der Waals surface area contributed by atoms with Crippen LogP contribution < -0.4 is 10.5 Å². The molecule has 0 spiro atoms. The summed E-state index contributed by atoms with van der Waals surface area (Å²) in [5.41, 5.74) is 6.67. The maximum absolute atomic E-state index is 12.5. The van der Waals surface area contributed by atoms with E-state index in [-0.39, 0.29) is 6.04 Å². The van der Waals surface area contributed by atoms with E-state index >= 15 is 0 Å². The Morgan fingerprint density at radius 1 is 1.35 bits per heavy atom. The van der Waals surface area contributed by atoms with Gasteiger partial charge in [0.1, 0.15) is 0 Å².